The number of hydrogen-bond acceptors (Lipinski definition) is 3. The van der Waals surface area contributed by atoms with E-state index in [4.69, 9.17) is 10.5 Å². The molecule has 0 amide bonds. The van der Waals surface area contributed by atoms with E-state index in [1.54, 1.807) is 0 Å². The van der Waals surface area contributed by atoms with E-state index in [1.165, 1.54) is 6.42 Å². The molecule has 1 fully saturated rings. The maximum Gasteiger partial charge on any atom is 0.0498 e. The summed E-state index contributed by atoms with van der Waals surface area (Å²) >= 11 is 0. The summed E-state index contributed by atoms with van der Waals surface area (Å²) in [6, 6.07) is 0. The summed E-state index contributed by atoms with van der Waals surface area (Å²) < 4.78 is 5.30. The van der Waals surface area contributed by atoms with E-state index in [0.29, 0.717) is 11.8 Å². The van der Waals surface area contributed by atoms with Crippen LogP contribution in [-0.4, -0.2) is 33.4 Å². The third-order valence-corrected chi connectivity index (χ3v) is 2.40. The summed E-state index contributed by atoms with van der Waals surface area (Å²) in [4.78, 5) is 0. The summed E-state index contributed by atoms with van der Waals surface area (Å²) in [5, 5.41) is 3.16. The Bertz CT molecular complexity index is 102. The second-order valence-electron chi connectivity index (χ2n) is 3.18. The highest BCUT2D eigenvalue weighted by atomic mass is 16.5. The van der Waals surface area contributed by atoms with Crippen LogP contribution >= 0.6 is 0 Å². The fraction of sp³-hybridized carbons (Fsp3) is 1.00. The molecule has 1 saturated heterocycles. The van der Waals surface area contributed by atoms with Crippen LogP contribution in [-0.2, 0) is 4.74 Å². The Kier molecular flexibility index (Phi) is 3.83. The molecule has 0 bridgehead atoms. The summed E-state index contributed by atoms with van der Waals surface area (Å²) in [7, 11) is 1.97. The monoisotopic (exact) mass is 158 g/mol. The fourth-order valence-corrected chi connectivity index (χ4v) is 1.63. The summed E-state index contributed by atoms with van der Waals surface area (Å²) in [6.45, 7) is 3.62. The molecule has 0 aromatic heterocycles. The van der Waals surface area contributed by atoms with E-state index < -0.39 is 0 Å². The van der Waals surface area contributed by atoms with Gasteiger partial charge in [0, 0.05) is 13.2 Å². The van der Waals surface area contributed by atoms with E-state index in [-0.39, 0.29) is 0 Å². The van der Waals surface area contributed by atoms with Crippen LogP contribution < -0.4 is 11.1 Å². The highest BCUT2D eigenvalue weighted by Gasteiger charge is 2.23. The van der Waals surface area contributed by atoms with Crippen LogP contribution in [0, 0.1) is 11.8 Å². The molecule has 3 nitrogen and oxygen atoms in total. The van der Waals surface area contributed by atoms with Gasteiger partial charge in [-0.15, -0.1) is 0 Å². The topological polar surface area (TPSA) is 47.3 Å². The molecule has 0 aliphatic carbocycles. The van der Waals surface area contributed by atoms with Gasteiger partial charge in [0.25, 0.3) is 0 Å². The van der Waals surface area contributed by atoms with Gasteiger partial charge < -0.3 is 15.8 Å². The van der Waals surface area contributed by atoms with Crippen LogP contribution in [0.1, 0.15) is 6.42 Å². The maximum absolute atomic E-state index is 5.64. The van der Waals surface area contributed by atoms with Gasteiger partial charge in [-0.3, -0.25) is 0 Å². The number of nitrogens with one attached hydrogen (secondary N) is 1. The summed E-state index contributed by atoms with van der Waals surface area (Å²) in [5.74, 6) is 1.29. The average molecular weight is 158 g/mol. The van der Waals surface area contributed by atoms with Gasteiger partial charge in [-0.25, -0.2) is 0 Å². The molecular weight excluding hydrogens is 140 g/mol. The number of ether oxygens (including phenoxy) is 1. The maximum atomic E-state index is 5.64. The van der Waals surface area contributed by atoms with Crippen molar-refractivity contribution < 1.29 is 4.74 Å². The summed E-state index contributed by atoms with van der Waals surface area (Å²) in [6.07, 6.45) is 1.18. The van der Waals surface area contributed by atoms with Crippen LogP contribution in [0.3, 0.4) is 0 Å². The van der Waals surface area contributed by atoms with Gasteiger partial charge in [-0.1, -0.05) is 0 Å². The standard InChI is InChI=1S/C8H18N2O/c1-10-5-8(4-9)7-2-3-11-6-7/h7-8,10H,2-6,9H2,1H3. The first-order chi connectivity index (χ1) is 5.38. The minimum Gasteiger partial charge on any atom is -0.381 e. The molecule has 0 spiro atoms. The Labute approximate surface area is 68.3 Å². The van der Waals surface area contributed by atoms with Gasteiger partial charge >= 0.3 is 0 Å². The van der Waals surface area contributed by atoms with Crippen molar-refractivity contribution in [1.82, 2.24) is 5.32 Å². The van der Waals surface area contributed by atoms with Gasteiger partial charge in [0.15, 0.2) is 0 Å². The van der Waals surface area contributed by atoms with Gasteiger partial charge in [0.1, 0.15) is 0 Å². The molecule has 0 radical (unpaired) electrons. The van der Waals surface area contributed by atoms with Crippen molar-refractivity contribution in [3.8, 4) is 0 Å². The average Bonchev–Trinajstić information content (AvgIpc) is 2.52. The van der Waals surface area contributed by atoms with Crippen LogP contribution in [0.2, 0.25) is 0 Å². The number of nitrogens with two attached hydrogens (primary N) is 1. The molecule has 0 saturated carbocycles. The minimum atomic E-state index is 0.600. The molecular formula is C8H18N2O. The largest absolute Gasteiger partial charge is 0.381 e. The molecule has 2 unspecified atom stereocenters. The third-order valence-electron chi connectivity index (χ3n) is 2.40. The molecule has 0 aromatic carbocycles. The van der Waals surface area contributed by atoms with Gasteiger partial charge in [-0.05, 0) is 38.4 Å². The molecule has 66 valence electrons. The van der Waals surface area contributed by atoms with Crippen molar-refractivity contribution in [3.05, 3.63) is 0 Å². The van der Waals surface area contributed by atoms with E-state index in [0.717, 1.165) is 26.3 Å². The predicted molar refractivity (Wildman–Crippen MR) is 45.4 cm³/mol. The Morgan fingerprint density at radius 3 is 3.00 bits per heavy atom. The van der Waals surface area contributed by atoms with E-state index >= 15 is 0 Å². The quantitative estimate of drug-likeness (QED) is 0.596. The van der Waals surface area contributed by atoms with Crippen molar-refractivity contribution in [3.63, 3.8) is 0 Å². The molecule has 11 heavy (non-hydrogen) atoms. The van der Waals surface area contributed by atoms with Crippen LogP contribution in [0.25, 0.3) is 0 Å². The highest BCUT2D eigenvalue weighted by molar-refractivity contribution is 4.75. The molecule has 3 heteroatoms. The van der Waals surface area contributed by atoms with Crippen molar-refractivity contribution in [2.75, 3.05) is 33.4 Å². The first-order valence-electron chi connectivity index (χ1n) is 4.31. The van der Waals surface area contributed by atoms with Crippen molar-refractivity contribution in [2.45, 2.75) is 6.42 Å². The highest BCUT2D eigenvalue weighted by Crippen LogP contribution is 2.20. The zero-order valence-corrected chi connectivity index (χ0v) is 7.18. The molecule has 1 aliphatic heterocycles. The van der Waals surface area contributed by atoms with Crippen molar-refractivity contribution in [1.29, 1.82) is 0 Å². The lowest BCUT2D eigenvalue weighted by atomic mass is 9.92. The smallest absolute Gasteiger partial charge is 0.0498 e. The van der Waals surface area contributed by atoms with Gasteiger partial charge in [0.2, 0.25) is 0 Å². The van der Waals surface area contributed by atoms with Crippen LogP contribution in [0.4, 0.5) is 0 Å². The lowest BCUT2D eigenvalue weighted by Crippen LogP contribution is -2.32. The molecule has 1 aliphatic rings. The molecule has 2 atom stereocenters. The zero-order valence-electron chi connectivity index (χ0n) is 7.18. The molecule has 1 heterocycles. The fourth-order valence-electron chi connectivity index (χ4n) is 1.63. The first kappa shape index (κ1) is 8.97. The predicted octanol–water partition coefficient (Wildman–Crippen LogP) is -0.183. The van der Waals surface area contributed by atoms with E-state index in [1.807, 2.05) is 7.05 Å². The Hall–Kier alpha value is -0.120. The molecule has 1 rings (SSSR count). The summed E-state index contributed by atoms with van der Waals surface area (Å²) in [5.41, 5.74) is 5.64. The number of hydrogen-bond donors (Lipinski definition) is 2. The van der Waals surface area contributed by atoms with Crippen molar-refractivity contribution in [2.24, 2.45) is 17.6 Å². The van der Waals surface area contributed by atoms with E-state index in [2.05, 4.69) is 5.32 Å². The molecule has 0 aromatic rings. The normalized spacial score (nSPS) is 27.3. The first-order valence-corrected chi connectivity index (χ1v) is 4.31. The zero-order chi connectivity index (χ0) is 8.10. The van der Waals surface area contributed by atoms with Crippen LogP contribution in [0.15, 0.2) is 0 Å². The lowest BCUT2D eigenvalue weighted by Gasteiger charge is -2.19. The molecule has 3 N–H and O–H groups in total. The second-order valence-corrected chi connectivity index (χ2v) is 3.18. The minimum absolute atomic E-state index is 0.600. The Morgan fingerprint density at radius 2 is 2.55 bits per heavy atom. The SMILES string of the molecule is CNCC(CN)C1CCOC1. The van der Waals surface area contributed by atoms with E-state index in [9.17, 15) is 0 Å². The number of rotatable bonds is 4. The third kappa shape index (κ3) is 2.43. The van der Waals surface area contributed by atoms with Gasteiger partial charge in [0.05, 0.1) is 0 Å². The second kappa shape index (κ2) is 4.70. The van der Waals surface area contributed by atoms with Crippen LogP contribution in [0.5, 0.6) is 0 Å². The Morgan fingerprint density at radius 1 is 1.73 bits per heavy atom. The lowest BCUT2D eigenvalue weighted by molar-refractivity contribution is 0.172. The van der Waals surface area contributed by atoms with Gasteiger partial charge in [-0.2, -0.15) is 0 Å². The van der Waals surface area contributed by atoms with Crippen molar-refractivity contribution >= 4 is 0 Å². The Balaban J connectivity index is 2.27.